The van der Waals surface area contributed by atoms with Gasteiger partial charge in [-0.15, -0.1) is 0 Å². The highest BCUT2D eigenvalue weighted by atomic mass is 32.2. The summed E-state index contributed by atoms with van der Waals surface area (Å²) in [7, 11) is 0. The third-order valence-electron chi connectivity index (χ3n) is 2.44. The molecule has 0 saturated heterocycles. The van der Waals surface area contributed by atoms with Gasteiger partial charge in [-0.3, -0.25) is 4.79 Å². The number of carbonyl (C=O) groups excluding carboxylic acids is 1. The quantitative estimate of drug-likeness (QED) is 0.628. The predicted molar refractivity (Wildman–Crippen MR) is 61.3 cm³/mol. The van der Waals surface area contributed by atoms with Gasteiger partial charge in [-0.2, -0.15) is 11.8 Å². The molecule has 0 aromatic rings. The molecule has 0 rings (SSSR count). The van der Waals surface area contributed by atoms with E-state index in [9.17, 15) is 4.79 Å². The monoisotopic (exact) mass is 202 g/mol. The fourth-order valence-electron chi connectivity index (χ4n) is 1.29. The summed E-state index contributed by atoms with van der Waals surface area (Å²) in [5.74, 6) is 1.39. The molecule has 0 aromatic carbocycles. The molecule has 13 heavy (non-hydrogen) atoms. The lowest BCUT2D eigenvalue weighted by Gasteiger charge is -2.22. The summed E-state index contributed by atoms with van der Waals surface area (Å²) in [6.45, 7) is 6.32. The van der Waals surface area contributed by atoms with E-state index in [2.05, 4.69) is 20.8 Å². The number of rotatable bonds is 7. The Kier molecular flexibility index (Phi) is 6.48. The molecular weight excluding hydrogens is 180 g/mol. The first-order valence-electron chi connectivity index (χ1n) is 5.07. The molecule has 0 aliphatic rings. The van der Waals surface area contributed by atoms with Crippen molar-refractivity contribution in [3.8, 4) is 0 Å². The van der Waals surface area contributed by atoms with Gasteiger partial charge in [-0.1, -0.05) is 33.6 Å². The fraction of sp³-hybridized carbons (Fsp3) is 0.909. The second-order valence-electron chi connectivity index (χ2n) is 4.15. The number of thioether (sulfide) groups is 1. The van der Waals surface area contributed by atoms with Crippen molar-refractivity contribution in [3.05, 3.63) is 0 Å². The summed E-state index contributed by atoms with van der Waals surface area (Å²) in [5, 5.41) is 0. The van der Waals surface area contributed by atoms with Crippen LogP contribution >= 0.6 is 11.8 Å². The highest BCUT2D eigenvalue weighted by molar-refractivity contribution is 7.98. The van der Waals surface area contributed by atoms with Crippen molar-refractivity contribution in [2.45, 2.75) is 46.5 Å². The van der Waals surface area contributed by atoms with E-state index in [1.54, 1.807) is 11.8 Å². The zero-order valence-electron chi connectivity index (χ0n) is 9.35. The SMILES string of the molecule is CCCCC(C)(C)C(=O)CCSC. The van der Waals surface area contributed by atoms with Crippen molar-refractivity contribution < 1.29 is 4.79 Å². The minimum absolute atomic E-state index is 0.0915. The van der Waals surface area contributed by atoms with Gasteiger partial charge in [0.2, 0.25) is 0 Å². The van der Waals surface area contributed by atoms with Crippen LogP contribution < -0.4 is 0 Å². The van der Waals surface area contributed by atoms with Gasteiger partial charge in [0.05, 0.1) is 0 Å². The summed E-state index contributed by atoms with van der Waals surface area (Å²) in [6, 6.07) is 0. The second kappa shape index (κ2) is 6.47. The highest BCUT2D eigenvalue weighted by Gasteiger charge is 2.25. The molecule has 0 spiro atoms. The van der Waals surface area contributed by atoms with Crippen LogP contribution in [-0.2, 0) is 4.79 Å². The average Bonchev–Trinajstić information content (AvgIpc) is 2.10. The Morgan fingerprint density at radius 3 is 2.46 bits per heavy atom. The highest BCUT2D eigenvalue weighted by Crippen LogP contribution is 2.26. The Morgan fingerprint density at radius 1 is 1.38 bits per heavy atom. The van der Waals surface area contributed by atoms with E-state index in [1.807, 2.05) is 6.26 Å². The second-order valence-corrected chi connectivity index (χ2v) is 5.14. The molecule has 0 aliphatic heterocycles. The number of unbranched alkanes of at least 4 members (excludes halogenated alkanes) is 1. The fourth-order valence-corrected chi connectivity index (χ4v) is 1.68. The largest absolute Gasteiger partial charge is 0.299 e. The first kappa shape index (κ1) is 13.0. The van der Waals surface area contributed by atoms with Gasteiger partial charge in [-0.05, 0) is 18.4 Å². The zero-order chi connectivity index (χ0) is 10.3. The Balaban J connectivity index is 3.87. The van der Waals surface area contributed by atoms with E-state index < -0.39 is 0 Å². The van der Waals surface area contributed by atoms with Crippen LogP contribution in [0.3, 0.4) is 0 Å². The number of ketones is 1. The van der Waals surface area contributed by atoms with Crippen LogP contribution in [0.25, 0.3) is 0 Å². The van der Waals surface area contributed by atoms with E-state index in [1.165, 1.54) is 6.42 Å². The van der Waals surface area contributed by atoms with E-state index in [4.69, 9.17) is 0 Å². The summed E-state index contributed by atoms with van der Waals surface area (Å²) in [5.41, 5.74) is -0.0915. The Labute approximate surface area is 86.7 Å². The molecule has 0 radical (unpaired) electrons. The van der Waals surface area contributed by atoms with Crippen molar-refractivity contribution in [2.24, 2.45) is 5.41 Å². The average molecular weight is 202 g/mol. The van der Waals surface area contributed by atoms with Crippen molar-refractivity contribution >= 4 is 17.5 Å². The molecule has 0 atom stereocenters. The van der Waals surface area contributed by atoms with Crippen LogP contribution in [0.2, 0.25) is 0 Å². The van der Waals surface area contributed by atoms with Crippen molar-refractivity contribution in [3.63, 3.8) is 0 Å². The van der Waals surface area contributed by atoms with E-state index in [0.29, 0.717) is 5.78 Å². The van der Waals surface area contributed by atoms with Crippen LogP contribution in [0.15, 0.2) is 0 Å². The number of hydrogen-bond acceptors (Lipinski definition) is 2. The number of Topliss-reactive ketones (excluding diaryl/α,β-unsaturated/α-hetero) is 1. The maximum atomic E-state index is 11.7. The summed E-state index contributed by atoms with van der Waals surface area (Å²) in [4.78, 5) is 11.7. The lowest BCUT2D eigenvalue weighted by molar-refractivity contribution is -0.127. The molecule has 1 nitrogen and oxygen atoms in total. The standard InChI is InChI=1S/C11H22OS/c1-5-6-8-11(2,3)10(12)7-9-13-4/h5-9H2,1-4H3. The smallest absolute Gasteiger partial charge is 0.139 e. The maximum Gasteiger partial charge on any atom is 0.139 e. The Bertz CT molecular complexity index is 152. The molecule has 78 valence electrons. The summed E-state index contributed by atoms with van der Waals surface area (Å²) < 4.78 is 0. The maximum absolute atomic E-state index is 11.7. The van der Waals surface area contributed by atoms with Crippen molar-refractivity contribution in [1.29, 1.82) is 0 Å². The first-order valence-corrected chi connectivity index (χ1v) is 6.46. The van der Waals surface area contributed by atoms with Gasteiger partial charge in [0.15, 0.2) is 0 Å². The summed E-state index contributed by atoms with van der Waals surface area (Å²) >= 11 is 1.75. The van der Waals surface area contributed by atoms with E-state index in [-0.39, 0.29) is 5.41 Å². The molecule has 0 fully saturated rings. The molecule has 0 amide bonds. The van der Waals surface area contributed by atoms with E-state index >= 15 is 0 Å². The van der Waals surface area contributed by atoms with Crippen LogP contribution in [0, 0.1) is 5.41 Å². The van der Waals surface area contributed by atoms with Crippen molar-refractivity contribution in [1.82, 2.24) is 0 Å². The van der Waals surface area contributed by atoms with Gasteiger partial charge >= 0.3 is 0 Å². The third kappa shape index (κ3) is 5.35. The molecule has 0 N–H and O–H groups in total. The molecule has 0 aliphatic carbocycles. The molecule has 2 heteroatoms. The topological polar surface area (TPSA) is 17.1 Å². The minimum atomic E-state index is -0.0915. The normalized spacial score (nSPS) is 11.7. The molecule has 0 saturated carbocycles. The van der Waals surface area contributed by atoms with Crippen LogP contribution in [0.1, 0.15) is 46.5 Å². The Morgan fingerprint density at radius 2 is 2.00 bits per heavy atom. The summed E-state index contributed by atoms with van der Waals surface area (Å²) in [6.07, 6.45) is 6.16. The van der Waals surface area contributed by atoms with Gasteiger partial charge in [0.1, 0.15) is 5.78 Å². The molecule has 0 heterocycles. The van der Waals surface area contributed by atoms with Crippen LogP contribution in [-0.4, -0.2) is 17.8 Å². The third-order valence-corrected chi connectivity index (χ3v) is 3.06. The minimum Gasteiger partial charge on any atom is -0.299 e. The predicted octanol–water partition coefficient (Wildman–Crippen LogP) is 3.53. The number of hydrogen-bond donors (Lipinski definition) is 0. The molecule has 0 aromatic heterocycles. The van der Waals surface area contributed by atoms with Crippen LogP contribution in [0.5, 0.6) is 0 Å². The van der Waals surface area contributed by atoms with Gasteiger partial charge < -0.3 is 0 Å². The van der Waals surface area contributed by atoms with Crippen molar-refractivity contribution in [2.75, 3.05) is 12.0 Å². The molecule has 0 bridgehead atoms. The Hall–Kier alpha value is 0.0200. The molecular formula is C11H22OS. The number of carbonyl (C=O) groups is 1. The van der Waals surface area contributed by atoms with E-state index in [0.717, 1.165) is 25.0 Å². The van der Waals surface area contributed by atoms with Gasteiger partial charge in [0.25, 0.3) is 0 Å². The zero-order valence-corrected chi connectivity index (χ0v) is 10.2. The lowest BCUT2D eigenvalue weighted by atomic mass is 9.82. The van der Waals surface area contributed by atoms with Gasteiger partial charge in [0, 0.05) is 11.8 Å². The van der Waals surface area contributed by atoms with Gasteiger partial charge in [-0.25, -0.2) is 0 Å². The van der Waals surface area contributed by atoms with Crippen LogP contribution in [0.4, 0.5) is 0 Å². The first-order chi connectivity index (χ1) is 6.04. The molecule has 0 unspecified atom stereocenters. The lowest BCUT2D eigenvalue weighted by Crippen LogP contribution is -2.24.